The zero-order chi connectivity index (χ0) is 5.40. The SMILES string of the molecule is C1=CC2SSSC2=C1.[NaH]. The van der Waals surface area contributed by atoms with Gasteiger partial charge in [0, 0.05) is 4.91 Å². The topological polar surface area (TPSA) is 0 Å². The van der Waals surface area contributed by atoms with Crippen LogP contribution in [0.3, 0.4) is 0 Å². The quantitative estimate of drug-likeness (QED) is 0.418. The zero-order valence-electron chi connectivity index (χ0n) is 4.03. The van der Waals surface area contributed by atoms with Crippen molar-refractivity contribution in [1.29, 1.82) is 0 Å². The van der Waals surface area contributed by atoms with Crippen LogP contribution < -0.4 is 0 Å². The van der Waals surface area contributed by atoms with Gasteiger partial charge in [-0.3, -0.25) is 0 Å². The minimum absolute atomic E-state index is 0. The summed E-state index contributed by atoms with van der Waals surface area (Å²) >= 11 is 0. The van der Waals surface area contributed by atoms with Crippen LogP contribution in [0.4, 0.5) is 0 Å². The molecule has 0 bridgehead atoms. The van der Waals surface area contributed by atoms with E-state index in [-0.39, 0.29) is 29.6 Å². The molecule has 0 radical (unpaired) electrons. The summed E-state index contributed by atoms with van der Waals surface area (Å²) in [5.74, 6) is 0. The van der Waals surface area contributed by atoms with E-state index in [0.717, 1.165) is 0 Å². The zero-order valence-corrected chi connectivity index (χ0v) is 6.48. The van der Waals surface area contributed by atoms with Gasteiger partial charge in [0.25, 0.3) is 0 Å². The Morgan fingerprint density at radius 3 is 3.11 bits per heavy atom. The van der Waals surface area contributed by atoms with Crippen molar-refractivity contribution in [2.45, 2.75) is 5.25 Å². The first kappa shape index (κ1) is 8.62. The molecule has 1 fully saturated rings. The van der Waals surface area contributed by atoms with E-state index in [4.69, 9.17) is 0 Å². The van der Waals surface area contributed by atoms with Gasteiger partial charge in [0.05, 0.1) is 5.25 Å². The molecular formula is C5H5NaS3. The first-order chi connectivity index (χ1) is 3.97. The summed E-state index contributed by atoms with van der Waals surface area (Å²) < 4.78 is 0. The molecule has 1 saturated heterocycles. The Morgan fingerprint density at radius 2 is 2.33 bits per heavy atom. The number of fused-ring (bicyclic) bond motifs is 1. The molecule has 0 amide bonds. The van der Waals surface area contributed by atoms with Crippen LogP contribution in [0.1, 0.15) is 0 Å². The van der Waals surface area contributed by atoms with Crippen molar-refractivity contribution in [1.82, 2.24) is 0 Å². The molecule has 1 atom stereocenters. The van der Waals surface area contributed by atoms with Gasteiger partial charge in [-0.2, -0.15) is 0 Å². The second kappa shape index (κ2) is 3.79. The predicted molar refractivity (Wildman–Crippen MR) is 50.9 cm³/mol. The van der Waals surface area contributed by atoms with Crippen LogP contribution in [0.25, 0.3) is 0 Å². The van der Waals surface area contributed by atoms with Crippen molar-refractivity contribution in [2.75, 3.05) is 0 Å². The van der Waals surface area contributed by atoms with Crippen molar-refractivity contribution < 1.29 is 0 Å². The van der Waals surface area contributed by atoms with E-state index in [1.807, 2.05) is 31.4 Å². The fraction of sp³-hybridized carbons (Fsp3) is 0.200. The average Bonchev–Trinajstić information content (AvgIpc) is 2.15. The molecule has 1 unspecified atom stereocenters. The van der Waals surface area contributed by atoms with Crippen LogP contribution in [0.15, 0.2) is 23.1 Å². The van der Waals surface area contributed by atoms with E-state index in [1.54, 1.807) is 0 Å². The molecule has 4 heteroatoms. The molecule has 1 aliphatic carbocycles. The molecule has 2 aliphatic rings. The maximum atomic E-state index is 2.24. The van der Waals surface area contributed by atoms with Crippen LogP contribution in [0.2, 0.25) is 0 Å². The molecule has 1 aliphatic heterocycles. The van der Waals surface area contributed by atoms with E-state index in [9.17, 15) is 0 Å². The van der Waals surface area contributed by atoms with Gasteiger partial charge in [-0.1, -0.05) is 29.0 Å². The summed E-state index contributed by atoms with van der Waals surface area (Å²) in [7, 11) is 5.71. The van der Waals surface area contributed by atoms with Crippen molar-refractivity contribution in [3.63, 3.8) is 0 Å². The van der Waals surface area contributed by atoms with Crippen molar-refractivity contribution >= 4 is 61.0 Å². The summed E-state index contributed by atoms with van der Waals surface area (Å²) in [6.07, 6.45) is 6.58. The van der Waals surface area contributed by atoms with E-state index < -0.39 is 0 Å². The Balaban J connectivity index is 0.000000405. The van der Waals surface area contributed by atoms with Gasteiger partial charge >= 0.3 is 29.6 Å². The average molecular weight is 184 g/mol. The Hall–Kier alpha value is 1.53. The molecule has 0 aromatic rings. The van der Waals surface area contributed by atoms with Crippen molar-refractivity contribution in [2.24, 2.45) is 0 Å². The molecule has 0 N–H and O–H groups in total. The van der Waals surface area contributed by atoms with Gasteiger partial charge < -0.3 is 0 Å². The minimum atomic E-state index is 0. The van der Waals surface area contributed by atoms with Gasteiger partial charge in [0.2, 0.25) is 0 Å². The molecule has 0 nitrogen and oxygen atoms in total. The molecule has 44 valence electrons. The summed E-state index contributed by atoms with van der Waals surface area (Å²) in [5, 5.41) is 0.699. The van der Waals surface area contributed by atoms with E-state index in [2.05, 4.69) is 18.2 Å². The Morgan fingerprint density at radius 1 is 1.44 bits per heavy atom. The molecule has 0 aromatic carbocycles. The molecule has 9 heavy (non-hydrogen) atoms. The third-order valence-corrected chi connectivity index (χ3v) is 5.56. The predicted octanol–water partition coefficient (Wildman–Crippen LogP) is 2.20. The summed E-state index contributed by atoms with van der Waals surface area (Å²) in [6, 6.07) is 0. The fourth-order valence-electron chi connectivity index (χ4n) is 0.697. The number of allylic oxidation sites excluding steroid dienone is 2. The second-order valence-corrected chi connectivity index (χ2v) is 5.81. The molecule has 0 saturated carbocycles. The van der Waals surface area contributed by atoms with Crippen LogP contribution in [0, 0.1) is 0 Å². The van der Waals surface area contributed by atoms with E-state index in [0.29, 0.717) is 5.25 Å². The third-order valence-electron chi connectivity index (χ3n) is 1.10. The van der Waals surface area contributed by atoms with Gasteiger partial charge in [0.1, 0.15) is 0 Å². The van der Waals surface area contributed by atoms with E-state index >= 15 is 0 Å². The first-order valence-electron chi connectivity index (χ1n) is 2.35. The molecule has 2 rings (SSSR count). The maximum absolute atomic E-state index is 2.24. The molecule has 1 heterocycles. The van der Waals surface area contributed by atoms with Crippen LogP contribution in [-0.4, -0.2) is 34.8 Å². The second-order valence-electron chi connectivity index (χ2n) is 1.62. The van der Waals surface area contributed by atoms with Gasteiger partial charge in [-0.15, -0.1) is 0 Å². The standard InChI is InChI=1S/C5H4S3.Na.H/c1-2-4-5(3-1)7-8-6-4;;/h1-4H;;. The molecular weight excluding hydrogens is 179 g/mol. The summed E-state index contributed by atoms with van der Waals surface area (Å²) in [5.41, 5.74) is 0. The van der Waals surface area contributed by atoms with Crippen LogP contribution >= 0.6 is 31.4 Å². The third kappa shape index (κ3) is 1.76. The van der Waals surface area contributed by atoms with Gasteiger partial charge in [0.15, 0.2) is 0 Å². The molecule has 0 aromatic heterocycles. The Kier molecular flexibility index (Phi) is 3.63. The first-order valence-corrected chi connectivity index (χ1v) is 5.90. The number of hydrogen-bond donors (Lipinski definition) is 0. The Bertz CT molecular complexity index is 164. The Labute approximate surface area is 88.4 Å². The summed E-state index contributed by atoms with van der Waals surface area (Å²) in [4.78, 5) is 1.51. The normalized spacial score (nSPS) is 29.3. The number of hydrogen-bond acceptors (Lipinski definition) is 3. The number of rotatable bonds is 0. The van der Waals surface area contributed by atoms with E-state index in [1.165, 1.54) is 4.91 Å². The van der Waals surface area contributed by atoms with Crippen molar-refractivity contribution in [3.8, 4) is 0 Å². The van der Waals surface area contributed by atoms with Crippen LogP contribution in [0.5, 0.6) is 0 Å². The van der Waals surface area contributed by atoms with Gasteiger partial charge in [-0.05, 0) is 20.6 Å². The van der Waals surface area contributed by atoms with Crippen molar-refractivity contribution in [3.05, 3.63) is 23.1 Å². The molecule has 0 spiro atoms. The van der Waals surface area contributed by atoms with Gasteiger partial charge in [-0.25, -0.2) is 0 Å². The van der Waals surface area contributed by atoms with Crippen LogP contribution in [-0.2, 0) is 0 Å². The fourth-order valence-corrected chi connectivity index (χ4v) is 5.60. The monoisotopic (exact) mass is 184 g/mol. The summed E-state index contributed by atoms with van der Waals surface area (Å²) in [6.45, 7) is 0.